The maximum absolute atomic E-state index is 12.3. The van der Waals surface area contributed by atoms with Crippen LogP contribution in [0.3, 0.4) is 0 Å². The molecule has 1 aliphatic heterocycles. The van der Waals surface area contributed by atoms with E-state index in [1.165, 1.54) is 5.56 Å². The quantitative estimate of drug-likeness (QED) is 0.562. The summed E-state index contributed by atoms with van der Waals surface area (Å²) in [6.45, 7) is 4.56. The maximum Gasteiger partial charge on any atom is 0.307 e. The number of amides is 1. The van der Waals surface area contributed by atoms with Crippen LogP contribution in [0, 0.1) is 6.92 Å². The van der Waals surface area contributed by atoms with E-state index in [2.05, 4.69) is 5.32 Å². The molecular weight excluding hydrogens is 378 g/mol. The van der Waals surface area contributed by atoms with Crippen molar-refractivity contribution in [1.82, 2.24) is 0 Å². The molecule has 0 aliphatic carbocycles. The Kier molecular flexibility index (Phi) is 6.81. The summed E-state index contributed by atoms with van der Waals surface area (Å²) in [6.07, 6.45) is -0.648. The highest BCUT2D eigenvalue weighted by Crippen LogP contribution is 2.32. The molecule has 1 amide bonds. The fourth-order valence-corrected chi connectivity index (χ4v) is 3.39. The van der Waals surface area contributed by atoms with Gasteiger partial charge < -0.3 is 19.5 Å². The molecule has 148 valence electrons. The topological polar surface area (TPSA) is 73.9 Å². The van der Waals surface area contributed by atoms with Gasteiger partial charge in [0.2, 0.25) is 0 Å². The molecule has 0 saturated carbocycles. The first-order valence-corrected chi connectivity index (χ1v) is 10.1. The van der Waals surface area contributed by atoms with E-state index in [1.54, 1.807) is 36.9 Å². The average Bonchev–Trinajstić information content (AvgIpc) is 2.69. The Bertz CT molecular complexity index is 837. The Hall–Kier alpha value is -2.67. The lowest BCUT2D eigenvalue weighted by Gasteiger charge is -2.19. The van der Waals surface area contributed by atoms with Crippen molar-refractivity contribution < 1.29 is 23.8 Å². The first kappa shape index (κ1) is 20.1. The highest BCUT2D eigenvalue weighted by molar-refractivity contribution is 7.99. The number of aryl methyl sites for hydroxylation is 1. The lowest BCUT2D eigenvalue weighted by Crippen LogP contribution is -2.30. The zero-order valence-electron chi connectivity index (χ0n) is 15.9. The molecule has 3 rings (SSSR count). The minimum absolute atomic E-state index is 0.236. The number of carbonyl (C=O) groups excluding carboxylic acids is 2. The fourth-order valence-electron chi connectivity index (χ4n) is 2.56. The third-order valence-corrected chi connectivity index (χ3v) is 5.10. The van der Waals surface area contributed by atoms with E-state index < -0.39 is 18.0 Å². The lowest BCUT2D eigenvalue weighted by molar-refractivity contribution is -0.152. The summed E-state index contributed by atoms with van der Waals surface area (Å²) in [7, 11) is 0. The van der Waals surface area contributed by atoms with Crippen LogP contribution in [0.1, 0.15) is 18.9 Å². The van der Waals surface area contributed by atoms with Gasteiger partial charge in [0, 0.05) is 22.4 Å². The number of rotatable bonds is 7. The molecule has 7 heteroatoms. The Morgan fingerprint density at radius 3 is 2.57 bits per heavy atom. The number of ether oxygens (including phenoxy) is 3. The molecule has 1 unspecified atom stereocenters. The van der Waals surface area contributed by atoms with Crippen LogP contribution in [-0.4, -0.2) is 36.9 Å². The van der Waals surface area contributed by atoms with Crippen LogP contribution >= 0.6 is 11.8 Å². The van der Waals surface area contributed by atoms with E-state index in [0.29, 0.717) is 36.2 Å². The zero-order chi connectivity index (χ0) is 19.9. The summed E-state index contributed by atoms with van der Waals surface area (Å²) in [6, 6.07) is 13.3. The molecule has 0 radical (unpaired) electrons. The SMILES string of the molecule is Cc1ccc(SCCC(=O)OC(C)C(=O)Nc2ccc3c(c2)OCCO3)cc1. The van der Waals surface area contributed by atoms with Crippen LogP contribution in [0.25, 0.3) is 0 Å². The summed E-state index contributed by atoms with van der Waals surface area (Å²) in [5, 5.41) is 2.73. The predicted molar refractivity (Wildman–Crippen MR) is 108 cm³/mol. The van der Waals surface area contributed by atoms with Gasteiger partial charge in [0.15, 0.2) is 17.6 Å². The Balaban J connectivity index is 1.43. The normalized spacial score (nSPS) is 13.5. The first-order chi connectivity index (χ1) is 13.5. The van der Waals surface area contributed by atoms with Crippen molar-refractivity contribution in [3.05, 3.63) is 48.0 Å². The van der Waals surface area contributed by atoms with Crippen molar-refractivity contribution in [3.8, 4) is 11.5 Å². The minimum atomic E-state index is -0.884. The number of esters is 1. The lowest BCUT2D eigenvalue weighted by atomic mass is 10.2. The Labute approximate surface area is 168 Å². The second-order valence-electron chi connectivity index (χ2n) is 6.39. The summed E-state index contributed by atoms with van der Waals surface area (Å²) in [4.78, 5) is 25.4. The van der Waals surface area contributed by atoms with Gasteiger partial charge in [-0.15, -0.1) is 11.8 Å². The smallest absolute Gasteiger partial charge is 0.307 e. The second kappa shape index (κ2) is 9.50. The highest BCUT2D eigenvalue weighted by atomic mass is 32.2. The molecule has 1 atom stereocenters. The molecule has 1 aliphatic rings. The van der Waals surface area contributed by atoms with Crippen molar-refractivity contribution in [2.75, 3.05) is 24.3 Å². The van der Waals surface area contributed by atoms with E-state index in [4.69, 9.17) is 14.2 Å². The summed E-state index contributed by atoms with van der Waals surface area (Å²) < 4.78 is 16.2. The number of benzene rings is 2. The van der Waals surface area contributed by atoms with Gasteiger partial charge in [-0.05, 0) is 38.1 Å². The Morgan fingerprint density at radius 2 is 1.82 bits per heavy atom. The molecule has 0 saturated heterocycles. The van der Waals surface area contributed by atoms with E-state index in [0.717, 1.165) is 4.90 Å². The van der Waals surface area contributed by atoms with Gasteiger partial charge in [0.05, 0.1) is 6.42 Å². The number of carbonyl (C=O) groups is 2. The van der Waals surface area contributed by atoms with E-state index >= 15 is 0 Å². The molecule has 0 spiro atoms. The van der Waals surface area contributed by atoms with Crippen LogP contribution in [0.4, 0.5) is 5.69 Å². The summed E-state index contributed by atoms with van der Waals surface area (Å²) in [5.74, 6) is 1.04. The predicted octanol–water partition coefficient (Wildman–Crippen LogP) is 3.82. The van der Waals surface area contributed by atoms with Crippen molar-refractivity contribution in [2.24, 2.45) is 0 Å². The van der Waals surface area contributed by atoms with Gasteiger partial charge in [-0.3, -0.25) is 9.59 Å². The number of hydrogen-bond donors (Lipinski definition) is 1. The number of hydrogen-bond acceptors (Lipinski definition) is 6. The number of fused-ring (bicyclic) bond motifs is 1. The second-order valence-corrected chi connectivity index (χ2v) is 7.56. The van der Waals surface area contributed by atoms with Crippen LogP contribution in [0.2, 0.25) is 0 Å². The summed E-state index contributed by atoms with van der Waals surface area (Å²) >= 11 is 1.58. The third-order valence-electron chi connectivity index (χ3n) is 4.08. The molecule has 0 bridgehead atoms. The highest BCUT2D eigenvalue weighted by Gasteiger charge is 2.19. The molecule has 2 aromatic carbocycles. The molecule has 0 fully saturated rings. The maximum atomic E-state index is 12.3. The Morgan fingerprint density at radius 1 is 1.11 bits per heavy atom. The number of nitrogens with one attached hydrogen (secondary N) is 1. The molecular formula is C21H23NO5S. The summed E-state index contributed by atoms with van der Waals surface area (Å²) in [5.41, 5.74) is 1.76. The van der Waals surface area contributed by atoms with Crippen LogP contribution < -0.4 is 14.8 Å². The molecule has 1 heterocycles. The van der Waals surface area contributed by atoms with Gasteiger partial charge in [-0.2, -0.15) is 0 Å². The largest absolute Gasteiger partial charge is 0.486 e. The molecule has 0 aromatic heterocycles. The van der Waals surface area contributed by atoms with E-state index in [-0.39, 0.29) is 6.42 Å². The monoisotopic (exact) mass is 401 g/mol. The van der Waals surface area contributed by atoms with E-state index in [9.17, 15) is 9.59 Å². The standard InChI is InChI=1S/C21H23NO5S/c1-14-3-6-17(7-4-14)28-12-9-20(23)27-15(2)21(24)22-16-5-8-18-19(13-16)26-11-10-25-18/h3-8,13,15H,9-12H2,1-2H3,(H,22,24). The van der Waals surface area contributed by atoms with Gasteiger partial charge in [-0.1, -0.05) is 17.7 Å². The minimum Gasteiger partial charge on any atom is -0.486 e. The van der Waals surface area contributed by atoms with Crippen LogP contribution in [-0.2, 0) is 14.3 Å². The first-order valence-electron chi connectivity index (χ1n) is 9.11. The van der Waals surface area contributed by atoms with Crippen molar-refractivity contribution in [3.63, 3.8) is 0 Å². The van der Waals surface area contributed by atoms with Crippen LogP contribution in [0.5, 0.6) is 11.5 Å². The fraction of sp³-hybridized carbons (Fsp3) is 0.333. The molecule has 2 aromatic rings. The van der Waals surface area contributed by atoms with Gasteiger partial charge in [-0.25, -0.2) is 0 Å². The van der Waals surface area contributed by atoms with Gasteiger partial charge in [0.1, 0.15) is 13.2 Å². The van der Waals surface area contributed by atoms with Gasteiger partial charge >= 0.3 is 5.97 Å². The molecule has 1 N–H and O–H groups in total. The number of anilines is 1. The molecule has 28 heavy (non-hydrogen) atoms. The van der Waals surface area contributed by atoms with Gasteiger partial charge in [0.25, 0.3) is 5.91 Å². The van der Waals surface area contributed by atoms with E-state index in [1.807, 2.05) is 31.2 Å². The third kappa shape index (κ3) is 5.66. The average molecular weight is 401 g/mol. The number of thioether (sulfide) groups is 1. The van der Waals surface area contributed by atoms with Crippen molar-refractivity contribution in [1.29, 1.82) is 0 Å². The zero-order valence-corrected chi connectivity index (χ0v) is 16.7. The van der Waals surface area contributed by atoms with Crippen LogP contribution in [0.15, 0.2) is 47.4 Å². The van der Waals surface area contributed by atoms with Crippen molar-refractivity contribution in [2.45, 2.75) is 31.3 Å². The van der Waals surface area contributed by atoms with Crippen molar-refractivity contribution >= 4 is 29.3 Å². The molecule has 6 nitrogen and oxygen atoms in total.